The predicted molar refractivity (Wildman–Crippen MR) is 94.0 cm³/mol. The maximum atomic E-state index is 12.5. The van der Waals surface area contributed by atoms with Gasteiger partial charge < -0.3 is 9.47 Å². The van der Waals surface area contributed by atoms with Crippen LogP contribution in [0.15, 0.2) is 30.3 Å². The second kappa shape index (κ2) is 9.49. The smallest absolute Gasteiger partial charge is 0.416 e. The van der Waals surface area contributed by atoms with Crippen LogP contribution in [0, 0.1) is 27.2 Å². The summed E-state index contributed by atoms with van der Waals surface area (Å²) in [7, 11) is 2.31. The molecule has 0 saturated carbocycles. The molecule has 31 heavy (non-hydrogen) atoms. The number of ether oxygens (including phenoxy) is 2. The molecule has 8 nitrogen and oxygen atoms in total. The average molecular weight is 456 g/mol. The molecule has 0 saturated heterocycles. The Labute approximate surface area is 170 Å². The summed E-state index contributed by atoms with van der Waals surface area (Å²) in [5.74, 6) is -0.386. The van der Waals surface area contributed by atoms with E-state index in [2.05, 4.69) is 9.47 Å². The fourth-order valence-corrected chi connectivity index (χ4v) is 2.38. The van der Waals surface area contributed by atoms with Crippen molar-refractivity contribution in [3.05, 3.63) is 67.3 Å². The quantitative estimate of drug-likeness (QED) is 0.339. The standard InChI is InChI=1S/C9H8F3NO3.C8H6F3NO3/c1-5-6(9(10,11)12)3-4-7(16-2)8(5)13(14)15;1-15-7-3-2-5(8(9,10)11)4-6(7)12(13)14/h3-4H,1-2H3;2-4H,1H3. The molecule has 0 bridgehead atoms. The first-order chi connectivity index (χ1) is 14.1. The molecule has 2 aromatic carbocycles. The predicted octanol–water partition coefficient (Wildman–Crippen LogP) is 5.55. The van der Waals surface area contributed by atoms with Gasteiger partial charge in [-0.15, -0.1) is 0 Å². The summed E-state index contributed by atoms with van der Waals surface area (Å²) in [4.78, 5) is 19.2. The van der Waals surface area contributed by atoms with Gasteiger partial charge in [0.25, 0.3) is 0 Å². The largest absolute Gasteiger partial charge is 0.490 e. The average Bonchev–Trinajstić information content (AvgIpc) is 2.65. The third kappa shape index (κ3) is 6.20. The van der Waals surface area contributed by atoms with Crippen molar-refractivity contribution in [2.24, 2.45) is 0 Å². The van der Waals surface area contributed by atoms with Gasteiger partial charge in [0.1, 0.15) is 0 Å². The molecule has 14 heteroatoms. The van der Waals surface area contributed by atoms with Crippen molar-refractivity contribution in [2.45, 2.75) is 19.3 Å². The number of benzene rings is 2. The lowest BCUT2D eigenvalue weighted by Crippen LogP contribution is -2.09. The van der Waals surface area contributed by atoms with E-state index >= 15 is 0 Å². The second-order valence-electron chi connectivity index (χ2n) is 5.69. The summed E-state index contributed by atoms with van der Waals surface area (Å²) in [5.41, 5.74) is -3.91. The lowest BCUT2D eigenvalue weighted by atomic mass is 10.1. The number of nitro groups is 2. The number of nitrogens with zero attached hydrogens (tertiary/aromatic N) is 2. The number of hydrogen-bond donors (Lipinski definition) is 0. The highest BCUT2D eigenvalue weighted by molar-refractivity contribution is 5.56. The minimum atomic E-state index is -4.61. The zero-order valence-electron chi connectivity index (χ0n) is 16.0. The third-order valence-electron chi connectivity index (χ3n) is 3.80. The van der Waals surface area contributed by atoms with Crippen LogP contribution in [0.1, 0.15) is 16.7 Å². The highest BCUT2D eigenvalue weighted by atomic mass is 19.4. The molecule has 0 aliphatic rings. The molecule has 0 spiro atoms. The molecular formula is C17H14F6N2O6. The molecule has 0 N–H and O–H groups in total. The summed E-state index contributed by atoms with van der Waals surface area (Å²) >= 11 is 0. The Kier molecular flexibility index (Phi) is 7.79. The Bertz CT molecular complexity index is 975. The van der Waals surface area contributed by atoms with E-state index in [1.807, 2.05) is 0 Å². The van der Waals surface area contributed by atoms with E-state index in [1.54, 1.807) is 0 Å². The topological polar surface area (TPSA) is 105 Å². The number of rotatable bonds is 4. The van der Waals surface area contributed by atoms with Crippen LogP contribution in [0.2, 0.25) is 0 Å². The highest BCUT2D eigenvalue weighted by Gasteiger charge is 2.36. The van der Waals surface area contributed by atoms with Gasteiger partial charge in [-0.3, -0.25) is 20.2 Å². The zero-order valence-corrected chi connectivity index (χ0v) is 16.0. The first-order valence-corrected chi connectivity index (χ1v) is 7.93. The van der Waals surface area contributed by atoms with Crippen molar-refractivity contribution in [1.82, 2.24) is 0 Å². The molecule has 0 aliphatic heterocycles. The molecule has 0 aromatic heterocycles. The van der Waals surface area contributed by atoms with Gasteiger partial charge in [0.05, 0.1) is 35.2 Å². The minimum absolute atomic E-state index is 0.185. The summed E-state index contributed by atoms with van der Waals surface area (Å²) in [6, 6.07) is 3.79. The van der Waals surface area contributed by atoms with Gasteiger partial charge in [-0.1, -0.05) is 0 Å². The van der Waals surface area contributed by atoms with E-state index in [0.717, 1.165) is 45.4 Å². The van der Waals surface area contributed by atoms with Crippen molar-refractivity contribution in [1.29, 1.82) is 0 Å². The molecule has 0 amide bonds. The van der Waals surface area contributed by atoms with Crippen molar-refractivity contribution in [3.63, 3.8) is 0 Å². The molecule has 0 atom stereocenters. The van der Waals surface area contributed by atoms with Gasteiger partial charge in [-0.2, -0.15) is 26.3 Å². The van der Waals surface area contributed by atoms with Crippen molar-refractivity contribution in [2.75, 3.05) is 14.2 Å². The van der Waals surface area contributed by atoms with Gasteiger partial charge in [0, 0.05) is 11.6 Å². The van der Waals surface area contributed by atoms with Crippen LogP contribution in [0.5, 0.6) is 11.5 Å². The van der Waals surface area contributed by atoms with Crippen LogP contribution >= 0.6 is 0 Å². The molecule has 0 radical (unpaired) electrons. The van der Waals surface area contributed by atoms with Crippen LogP contribution in [0.3, 0.4) is 0 Å². The summed E-state index contributed by atoms with van der Waals surface area (Å²) in [6.45, 7) is 1.05. The molecule has 0 fully saturated rings. The van der Waals surface area contributed by atoms with E-state index in [1.165, 1.54) is 0 Å². The number of nitro benzene ring substituents is 2. The molecule has 0 aliphatic carbocycles. The van der Waals surface area contributed by atoms with E-state index in [-0.39, 0.29) is 11.5 Å². The number of halogens is 6. The SMILES string of the molecule is COc1ccc(C(F)(F)F)c(C)c1[N+](=O)[O-].COc1ccc(C(F)(F)F)cc1[N+](=O)[O-]. The lowest BCUT2D eigenvalue weighted by Gasteiger charge is -2.11. The molecule has 2 aromatic rings. The number of methoxy groups -OCH3 is 2. The first-order valence-electron chi connectivity index (χ1n) is 7.93. The van der Waals surface area contributed by atoms with Gasteiger partial charge in [0.15, 0.2) is 11.5 Å². The van der Waals surface area contributed by atoms with Crippen LogP contribution in [-0.4, -0.2) is 24.1 Å². The summed E-state index contributed by atoms with van der Waals surface area (Å²) < 4.78 is 83.2. The zero-order chi connectivity index (χ0) is 24.1. The van der Waals surface area contributed by atoms with Crippen LogP contribution in [-0.2, 0) is 12.4 Å². The normalized spacial score (nSPS) is 11.3. The summed E-state index contributed by atoms with van der Waals surface area (Å²) in [5, 5.41) is 21.1. The van der Waals surface area contributed by atoms with E-state index < -0.39 is 50.3 Å². The Morgan fingerprint density at radius 2 is 1.32 bits per heavy atom. The third-order valence-corrected chi connectivity index (χ3v) is 3.80. The van der Waals surface area contributed by atoms with E-state index in [4.69, 9.17) is 0 Å². The van der Waals surface area contributed by atoms with Crippen molar-refractivity contribution in [3.8, 4) is 11.5 Å². The van der Waals surface area contributed by atoms with Crippen molar-refractivity contribution < 1.29 is 45.7 Å². The molecule has 170 valence electrons. The molecular weight excluding hydrogens is 442 g/mol. The second-order valence-corrected chi connectivity index (χ2v) is 5.69. The first kappa shape index (κ1) is 25.5. The van der Waals surface area contributed by atoms with Gasteiger partial charge in [-0.25, -0.2) is 0 Å². The Balaban J connectivity index is 0.000000311. The molecule has 0 unspecified atom stereocenters. The van der Waals surface area contributed by atoms with Crippen LogP contribution in [0.25, 0.3) is 0 Å². The van der Waals surface area contributed by atoms with Crippen molar-refractivity contribution >= 4 is 11.4 Å². The Morgan fingerprint density at radius 1 is 0.806 bits per heavy atom. The fourth-order valence-electron chi connectivity index (χ4n) is 2.38. The van der Waals surface area contributed by atoms with Gasteiger partial charge in [0.2, 0.25) is 0 Å². The van der Waals surface area contributed by atoms with Crippen LogP contribution in [0.4, 0.5) is 37.7 Å². The van der Waals surface area contributed by atoms with E-state index in [9.17, 15) is 46.6 Å². The number of alkyl halides is 6. The van der Waals surface area contributed by atoms with Gasteiger partial charge >= 0.3 is 23.7 Å². The summed E-state index contributed by atoms with van der Waals surface area (Å²) in [6.07, 6.45) is -9.21. The maximum Gasteiger partial charge on any atom is 0.416 e. The highest BCUT2D eigenvalue weighted by Crippen LogP contribution is 2.40. The lowest BCUT2D eigenvalue weighted by molar-refractivity contribution is -0.386. The molecule has 0 heterocycles. The Morgan fingerprint density at radius 3 is 1.71 bits per heavy atom. The van der Waals surface area contributed by atoms with Crippen LogP contribution < -0.4 is 9.47 Å². The van der Waals surface area contributed by atoms with Gasteiger partial charge in [-0.05, 0) is 31.2 Å². The van der Waals surface area contributed by atoms with E-state index in [0.29, 0.717) is 6.07 Å². The maximum absolute atomic E-state index is 12.5. The molecule has 2 rings (SSSR count). The minimum Gasteiger partial charge on any atom is -0.490 e. The number of hydrogen-bond acceptors (Lipinski definition) is 6. The monoisotopic (exact) mass is 456 g/mol. The Hall–Kier alpha value is -3.58. The fraction of sp³-hybridized carbons (Fsp3) is 0.294.